The highest BCUT2D eigenvalue weighted by Gasteiger charge is 2.26. The van der Waals surface area contributed by atoms with Crippen molar-refractivity contribution in [2.24, 2.45) is 0 Å². The highest BCUT2D eigenvalue weighted by atomic mass is 19.1. The first kappa shape index (κ1) is 18.2. The van der Waals surface area contributed by atoms with Gasteiger partial charge in [0.1, 0.15) is 5.60 Å². The summed E-state index contributed by atoms with van der Waals surface area (Å²) in [5.41, 5.74) is 2.08. The van der Waals surface area contributed by atoms with Crippen molar-refractivity contribution in [2.75, 3.05) is 19.8 Å². The van der Waals surface area contributed by atoms with Crippen LogP contribution in [-0.2, 0) is 17.7 Å². The van der Waals surface area contributed by atoms with Gasteiger partial charge in [-0.2, -0.15) is 0 Å². The van der Waals surface area contributed by atoms with E-state index in [9.17, 15) is 14.0 Å². The van der Waals surface area contributed by atoms with Crippen molar-refractivity contribution in [3.8, 4) is 0 Å². The molecule has 0 spiro atoms. The van der Waals surface area contributed by atoms with Crippen LogP contribution >= 0.6 is 0 Å². The fraction of sp³-hybridized carbons (Fsp3) is 0.556. The molecular formula is C18H25FN2O3. The molecule has 2 amide bonds. The first-order valence-electron chi connectivity index (χ1n) is 8.24. The molecule has 0 saturated heterocycles. The van der Waals surface area contributed by atoms with E-state index in [0.29, 0.717) is 31.6 Å². The van der Waals surface area contributed by atoms with Crippen LogP contribution in [0.3, 0.4) is 0 Å². The summed E-state index contributed by atoms with van der Waals surface area (Å²) >= 11 is 0. The molecule has 1 aromatic rings. The van der Waals surface area contributed by atoms with E-state index >= 15 is 0 Å². The van der Waals surface area contributed by atoms with Crippen LogP contribution in [0.2, 0.25) is 0 Å². The molecular weight excluding hydrogens is 311 g/mol. The Morgan fingerprint density at radius 2 is 2.04 bits per heavy atom. The molecule has 1 aromatic carbocycles. The quantitative estimate of drug-likeness (QED) is 0.860. The number of alkyl halides is 1. The van der Waals surface area contributed by atoms with Crippen LogP contribution in [0.5, 0.6) is 0 Å². The highest BCUT2D eigenvalue weighted by molar-refractivity contribution is 5.94. The molecule has 5 nitrogen and oxygen atoms in total. The Balaban J connectivity index is 2.05. The molecule has 2 rings (SSSR count). The molecule has 0 bridgehead atoms. The summed E-state index contributed by atoms with van der Waals surface area (Å²) in [6, 6.07) is 5.50. The van der Waals surface area contributed by atoms with Crippen molar-refractivity contribution < 1.29 is 18.7 Å². The Morgan fingerprint density at radius 3 is 2.71 bits per heavy atom. The van der Waals surface area contributed by atoms with Crippen LogP contribution in [-0.4, -0.2) is 42.3 Å². The van der Waals surface area contributed by atoms with E-state index in [-0.39, 0.29) is 12.0 Å². The first-order chi connectivity index (χ1) is 11.3. The number of rotatable bonds is 4. The molecule has 0 unspecified atom stereocenters. The first-order valence-corrected chi connectivity index (χ1v) is 8.24. The molecule has 0 atom stereocenters. The molecule has 0 saturated carbocycles. The van der Waals surface area contributed by atoms with Crippen molar-refractivity contribution in [1.29, 1.82) is 0 Å². The number of fused-ring (bicyclic) bond motifs is 1. The second-order valence-electron chi connectivity index (χ2n) is 6.93. The largest absolute Gasteiger partial charge is 0.444 e. The van der Waals surface area contributed by atoms with E-state index in [2.05, 4.69) is 5.32 Å². The number of nitrogens with zero attached hydrogens (tertiary/aromatic N) is 1. The zero-order valence-corrected chi connectivity index (χ0v) is 14.5. The molecule has 1 N–H and O–H groups in total. The zero-order chi connectivity index (χ0) is 17.7. The molecule has 0 aliphatic carbocycles. The van der Waals surface area contributed by atoms with Crippen LogP contribution in [0.4, 0.5) is 9.18 Å². The number of amides is 2. The normalized spacial score (nSPS) is 14.1. The number of hydrogen-bond acceptors (Lipinski definition) is 3. The second kappa shape index (κ2) is 7.64. The fourth-order valence-corrected chi connectivity index (χ4v) is 2.55. The summed E-state index contributed by atoms with van der Waals surface area (Å²) in [7, 11) is 0. The van der Waals surface area contributed by atoms with E-state index in [1.54, 1.807) is 17.0 Å². The van der Waals surface area contributed by atoms with E-state index < -0.39 is 12.3 Å². The van der Waals surface area contributed by atoms with Gasteiger partial charge in [-0.25, -0.2) is 4.79 Å². The van der Waals surface area contributed by atoms with E-state index in [4.69, 9.17) is 4.74 Å². The lowest BCUT2D eigenvalue weighted by Gasteiger charge is -2.31. The molecule has 24 heavy (non-hydrogen) atoms. The second-order valence-corrected chi connectivity index (χ2v) is 6.93. The van der Waals surface area contributed by atoms with E-state index in [1.165, 1.54) is 0 Å². The van der Waals surface area contributed by atoms with Gasteiger partial charge in [-0.05, 0) is 56.9 Å². The Kier molecular flexibility index (Phi) is 5.80. The monoisotopic (exact) mass is 336 g/mol. The lowest BCUT2D eigenvalue weighted by molar-refractivity contribution is 0.0224. The Hall–Kier alpha value is -2.11. The predicted molar refractivity (Wildman–Crippen MR) is 89.7 cm³/mol. The summed E-state index contributed by atoms with van der Waals surface area (Å²) in [5, 5.41) is 2.69. The number of halogens is 1. The maximum Gasteiger partial charge on any atom is 0.410 e. The molecule has 0 fully saturated rings. The molecule has 0 radical (unpaired) electrons. The van der Waals surface area contributed by atoms with Gasteiger partial charge in [0.25, 0.3) is 5.91 Å². The predicted octanol–water partition coefficient (Wildman–Crippen LogP) is 3.07. The summed E-state index contributed by atoms with van der Waals surface area (Å²) in [6.45, 7) is 6.40. The van der Waals surface area contributed by atoms with Gasteiger partial charge in [-0.3, -0.25) is 9.18 Å². The lowest BCUT2D eigenvalue weighted by Crippen LogP contribution is -2.40. The number of ether oxygens (including phenoxy) is 1. The summed E-state index contributed by atoms with van der Waals surface area (Å²) in [5.74, 6) is -0.222. The summed E-state index contributed by atoms with van der Waals surface area (Å²) < 4.78 is 17.5. The average molecular weight is 336 g/mol. The third-order valence-electron chi connectivity index (χ3n) is 3.73. The number of benzene rings is 1. The SMILES string of the molecule is CC(C)(C)OC(=O)N1CCc2ccc(C(=O)NCCCF)cc2C1. The van der Waals surface area contributed by atoms with Gasteiger partial charge in [0.2, 0.25) is 0 Å². The van der Waals surface area contributed by atoms with Crippen LogP contribution in [0.25, 0.3) is 0 Å². The Labute approximate surface area is 142 Å². The minimum Gasteiger partial charge on any atom is -0.444 e. The van der Waals surface area contributed by atoms with Gasteiger partial charge >= 0.3 is 6.09 Å². The maximum absolute atomic E-state index is 12.2. The molecule has 6 heteroatoms. The van der Waals surface area contributed by atoms with Crippen molar-refractivity contribution in [3.63, 3.8) is 0 Å². The minimum absolute atomic E-state index is 0.222. The molecule has 1 aliphatic rings. The molecule has 1 heterocycles. The molecule has 132 valence electrons. The van der Waals surface area contributed by atoms with Gasteiger partial charge in [0.15, 0.2) is 0 Å². The van der Waals surface area contributed by atoms with Crippen molar-refractivity contribution in [1.82, 2.24) is 10.2 Å². The van der Waals surface area contributed by atoms with Crippen molar-refractivity contribution in [2.45, 2.75) is 45.8 Å². The molecule has 1 aliphatic heterocycles. The third kappa shape index (κ3) is 4.94. The number of hydrogen-bond donors (Lipinski definition) is 1. The van der Waals surface area contributed by atoms with Crippen LogP contribution in [0.15, 0.2) is 18.2 Å². The zero-order valence-electron chi connectivity index (χ0n) is 14.5. The summed E-state index contributed by atoms with van der Waals surface area (Å²) in [6.07, 6.45) is 0.701. The number of carbonyl (C=O) groups is 2. The van der Waals surface area contributed by atoms with Gasteiger partial charge in [-0.1, -0.05) is 6.07 Å². The van der Waals surface area contributed by atoms with Crippen LogP contribution in [0, 0.1) is 0 Å². The minimum atomic E-state index is -0.532. The van der Waals surface area contributed by atoms with Gasteiger partial charge in [-0.15, -0.1) is 0 Å². The van der Waals surface area contributed by atoms with Crippen LogP contribution in [0.1, 0.15) is 48.7 Å². The van der Waals surface area contributed by atoms with Crippen molar-refractivity contribution in [3.05, 3.63) is 34.9 Å². The third-order valence-corrected chi connectivity index (χ3v) is 3.73. The van der Waals surface area contributed by atoms with Crippen molar-refractivity contribution >= 4 is 12.0 Å². The van der Waals surface area contributed by atoms with Gasteiger partial charge < -0.3 is 15.0 Å². The van der Waals surface area contributed by atoms with Gasteiger partial charge in [0, 0.05) is 25.2 Å². The fourth-order valence-electron chi connectivity index (χ4n) is 2.55. The standard InChI is InChI=1S/C18H25FN2O3/c1-18(2,3)24-17(23)21-10-7-13-5-6-14(11-15(13)12-21)16(22)20-9-4-8-19/h5-6,11H,4,7-10,12H2,1-3H3,(H,20,22). The van der Waals surface area contributed by atoms with E-state index in [0.717, 1.165) is 17.5 Å². The average Bonchev–Trinajstić information content (AvgIpc) is 2.52. The van der Waals surface area contributed by atoms with Gasteiger partial charge in [0.05, 0.1) is 6.67 Å². The van der Waals surface area contributed by atoms with Crippen LogP contribution < -0.4 is 5.32 Å². The van der Waals surface area contributed by atoms with E-state index in [1.807, 2.05) is 26.8 Å². The summed E-state index contributed by atoms with van der Waals surface area (Å²) in [4.78, 5) is 25.9. The molecule has 0 aromatic heterocycles. The Morgan fingerprint density at radius 1 is 1.29 bits per heavy atom. The Bertz CT molecular complexity index is 611. The topological polar surface area (TPSA) is 58.6 Å². The highest BCUT2D eigenvalue weighted by Crippen LogP contribution is 2.22. The smallest absolute Gasteiger partial charge is 0.410 e. The maximum atomic E-state index is 12.2. The number of carbonyl (C=O) groups excluding carboxylic acids is 2. The lowest BCUT2D eigenvalue weighted by atomic mass is 9.97. The number of nitrogens with one attached hydrogen (secondary N) is 1.